The number of phosphoric acid groups is 2. The van der Waals surface area contributed by atoms with E-state index in [1.54, 1.807) is 0 Å². The number of rotatable bonds is 78. The molecule has 0 amide bonds. The molecule has 0 aromatic rings. The predicted octanol–water partition coefficient (Wildman–Crippen LogP) is 23.6. The normalized spacial score (nSPS) is 14.0. The van der Waals surface area contributed by atoms with Crippen molar-refractivity contribution in [2.45, 2.75) is 419 Å². The van der Waals surface area contributed by atoms with Gasteiger partial charge in [0.15, 0.2) is 12.2 Å². The van der Waals surface area contributed by atoms with Crippen LogP contribution in [0.4, 0.5) is 0 Å². The summed E-state index contributed by atoms with van der Waals surface area (Å²) in [6, 6.07) is 0. The van der Waals surface area contributed by atoms with E-state index in [2.05, 4.69) is 58.9 Å². The van der Waals surface area contributed by atoms with Crippen molar-refractivity contribution in [3.8, 4) is 0 Å². The first-order valence-corrected chi connectivity index (χ1v) is 43.9. The molecule has 0 rings (SSSR count). The van der Waals surface area contributed by atoms with Crippen LogP contribution in [0.2, 0.25) is 0 Å². The van der Waals surface area contributed by atoms with Crippen LogP contribution in [-0.2, 0) is 65.4 Å². The number of hydrogen-bond acceptors (Lipinski definition) is 15. The van der Waals surface area contributed by atoms with E-state index in [9.17, 15) is 43.2 Å². The molecule has 0 aliphatic rings. The molecule has 0 saturated heterocycles. The Bertz CT molecular complexity index is 1990. The summed E-state index contributed by atoms with van der Waals surface area (Å²) < 4.78 is 68.5. The van der Waals surface area contributed by atoms with Gasteiger partial charge in [0, 0.05) is 25.7 Å². The van der Waals surface area contributed by atoms with E-state index < -0.39 is 97.5 Å². The van der Waals surface area contributed by atoms with Gasteiger partial charge in [-0.3, -0.25) is 37.3 Å². The number of ether oxygens (including phenoxy) is 4. The molecule has 17 nitrogen and oxygen atoms in total. The van der Waals surface area contributed by atoms with Gasteiger partial charge in [0.2, 0.25) is 0 Å². The Kier molecular flexibility index (Phi) is 70.7. The summed E-state index contributed by atoms with van der Waals surface area (Å²) in [5.41, 5.74) is 0. The summed E-state index contributed by atoms with van der Waals surface area (Å²) in [4.78, 5) is 72.8. The Morgan fingerprint density at radius 3 is 0.828 bits per heavy atom. The predicted molar refractivity (Wildman–Crippen MR) is 404 cm³/mol. The topological polar surface area (TPSA) is 237 Å². The van der Waals surface area contributed by atoms with E-state index in [0.717, 1.165) is 121 Å². The van der Waals surface area contributed by atoms with Crippen LogP contribution in [0.15, 0.2) is 24.3 Å². The third kappa shape index (κ3) is 73.6. The molecular weight excluding hydrogens is 1290 g/mol. The smallest absolute Gasteiger partial charge is 0.462 e. The van der Waals surface area contributed by atoms with Crippen LogP contribution in [0, 0.1) is 5.92 Å². The Morgan fingerprint density at radius 2 is 0.545 bits per heavy atom. The lowest BCUT2D eigenvalue weighted by Crippen LogP contribution is -2.30. The van der Waals surface area contributed by atoms with Gasteiger partial charge >= 0.3 is 39.5 Å². The van der Waals surface area contributed by atoms with Crippen molar-refractivity contribution < 1.29 is 80.2 Å². The molecule has 584 valence electrons. The van der Waals surface area contributed by atoms with E-state index in [4.69, 9.17) is 37.0 Å². The van der Waals surface area contributed by atoms with Gasteiger partial charge in [0.05, 0.1) is 26.4 Å². The van der Waals surface area contributed by atoms with Crippen molar-refractivity contribution >= 4 is 39.5 Å². The molecule has 0 aliphatic carbocycles. The van der Waals surface area contributed by atoms with E-state index in [1.807, 2.05) is 0 Å². The fourth-order valence-electron chi connectivity index (χ4n) is 11.9. The summed E-state index contributed by atoms with van der Waals surface area (Å²) in [5, 5.41) is 10.6. The third-order valence-corrected chi connectivity index (χ3v) is 20.1. The van der Waals surface area contributed by atoms with Crippen LogP contribution in [0.5, 0.6) is 0 Å². The molecular formula is C80H152O17P2. The fraction of sp³-hybridized carbons (Fsp3) is 0.900. The Hall–Kier alpha value is -2.46. The maximum Gasteiger partial charge on any atom is 0.472 e. The number of aliphatic hydroxyl groups excluding tert-OH is 1. The number of carbonyl (C=O) groups excluding carboxylic acids is 4. The molecule has 2 unspecified atom stereocenters. The minimum Gasteiger partial charge on any atom is -0.462 e. The van der Waals surface area contributed by atoms with Crippen molar-refractivity contribution in [2.24, 2.45) is 5.92 Å². The van der Waals surface area contributed by atoms with Crippen LogP contribution in [0.25, 0.3) is 0 Å². The van der Waals surface area contributed by atoms with Gasteiger partial charge in [-0.15, -0.1) is 0 Å². The quantitative estimate of drug-likeness (QED) is 0.0169. The third-order valence-electron chi connectivity index (χ3n) is 18.2. The zero-order valence-electron chi connectivity index (χ0n) is 64.1. The van der Waals surface area contributed by atoms with E-state index in [-0.39, 0.29) is 25.7 Å². The average molecular weight is 1450 g/mol. The molecule has 0 aliphatic heterocycles. The van der Waals surface area contributed by atoms with Gasteiger partial charge in [0.1, 0.15) is 19.3 Å². The molecule has 0 fully saturated rings. The lowest BCUT2D eigenvalue weighted by atomic mass is 10.0. The number of carbonyl (C=O) groups is 4. The first kappa shape index (κ1) is 96.5. The van der Waals surface area contributed by atoms with Crippen LogP contribution in [0.1, 0.15) is 401 Å². The molecule has 0 bridgehead atoms. The van der Waals surface area contributed by atoms with Gasteiger partial charge in [-0.2, -0.15) is 0 Å². The second kappa shape index (κ2) is 72.5. The highest BCUT2D eigenvalue weighted by molar-refractivity contribution is 7.47. The number of phosphoric ester groups is 2. The summed E-state index contributed by atoms with van der Waals surface area (Å²) in [6.07, 6.45) is 66.1. The summed E-state index contributed by atoms with van der Waals surface area (Å²) in [5.74, 6) is -1.32. The Morgan fingerprint density at radius 1 is 0.313 bits per heavy atom. The zero-order valence-corrected chi connectivity index (χ0v) is 65.9. The molecule has 0 heterocycles. The maximum absolute atomic E-state index is 13.1. The second-order valence-electron chi connectivity index (χ2n) is 28.6. The van der Waals surface area contributed by atoms with Gasteiger partial charge in [-0.25, -0.2) is 9.13 Å². The van der Waals surface area contributed by atoms with Crippen molar-refractivity contribution in [3.05, 3.63) is 24.3 Å². The minimum atomic E-state index is -4.97. The van der Waals surface area contributed by atoms with Gasteiger partial charge in [-0.05, 0) is 57.3 Å². The first-order valence-electron chi connectivity index (χ1n) is 41.0. The SMILES string of the molecule is CCCCCC/C=C\C=C/CCCCCCCC(=O)OC[C@H](COP(=O)(O)OC[C@@H](O)COP(=O)(O)OC[C@@H](COC(=O)CCCCCCCCCC)OC(=O)CCCCCCCCCCCCCCCCC)OC(=O)CCCCCCCCCCCCCCCCCCCCC(C)C. The number of hydrogen-bond donors (Lipinski definition) is 3. The summed E-state index contributed by atoms with van der Waals surface area (Å²) >= 11 is 0. The number of aliphatic hydroxyl groups is 1. The second-order valence-corrected chi connectivity index (χ2v) is 31.5. The van der Waals surface area contributed by atoms with Crippen molar-refractivity contribution in [2.75, 3.05) is 39.6 Å². The van der Waals surface area contributed by atoms with Crippen molar-refractivity contribution in [3.63, 3.8) is 0 Å². The molecule has 0 aromatic heterocycles. The van der Waals surface area contributed by atoms with Gasteiger partial charge < -0.3 is 33.8 Å². The van der Waals surface area contributed by atoms with Crippen LogP contribution in [0.3, 0.4) is 0 Å². The maximum atomic E-state index is 13.1. The molecule has 0 radical (unpaired) electrons. The highest BCUT2D eigenvalue weighted by Crippen LogP contribution is 2.45. The Labute approximate surface area is 605 Å². The first-order chi connectivity index (χ1) is 48.0. The molecule has 0 spiro atoms. The molecule has 3 N–H and O–H groups in total. The summed E-state index contributed by atoms with van der Waals surface area (Å²) in [7, 11) is -9.92. The van der Waals surface area contributed by atoms with Crippen molar-refractivity contribution in [1.29, 1.82) is 0 Å². The molecule has 99 heavy (non-hydrogen) atoms. The molecule has 0 saturated carbocycles. The number of allylic oxidation sites excluding steroid dienone is 4. The standard InChI is InChI=1S/C80H152O17P2/c1-6-9-12-15-18-21-23-25-31-36-40-44-49-54-59-64-78(83)91-70-76(97-80(85)66-61-56-51-46-42-38-34-30-28-27-29-33-35-39-43-47-52-57-62-73(4)5)72-95-99(88,89)93-68-74(81)67-92-98(86,87)94-71-75(69-90-77(82)63-58-53-48-20-17-14-11-8-3)96-79(84)65-60-55-50-45-41-37-32-26-24-22-19-16-13-10-7-2/h21,23,25,31,73-76,81H,6-20,22,24,26-30,32-72H2,1-5H3,(H,86,87)(H,88,89)/b23-21-,31-25-/t74-,75+,76+/m0/s1. The zero-order chi connectivity index (χ0) is 72.7. The number of esters is 4. The van der Waals surface area contributed by atoms with E-state index >= 15 is 0 Å². The van der Waals surface area contributed by atoms with Crippen molar-refractivity contribution in [1.82, 2.24) is 0 Å². The molecule has 0 aromatic carbocycles. The number of unbranched alkanes of at least 4 members (excludes halogenated alkanes) is 47. The minimum absolute atomic E-state index is 0.102. The van der Waals surface area contributed by atoms with Crippen LogP contribution >= 0.6 is 15.6 Å². The van der Waals surface area contributed by atoms with Gasteiger partial charge in [-0.1, -0.05) is 348 Å². The molecule has 5 atom stereocenters. The van der Waals surface area contributed by atoms with Crippen LogP contribution < -0.4 is 0 Å². The lowest BCUT2D eigenvalue weighted by Gasteiger charge is -2.21. The fourth-order valence-corrected chi connectivity index (χ4v) is 13.4. The van der Waals surface area contributed by atoms with E-state index in [0.29, 0.717) is 25.7 Å². The van der Waals surface area contributed by atoms with Gasteiger partial charge in [0.25, 0.3) is 0 Å². The van der Waals surface area contributed by atoms with E-state index in [1.165, 1.54) is 199 Å². The lowest BCUT2D eigenvalue weighted by molar-refractivity contribution is -0.161. The monoisotopic (exact) mass is 1450 g/mol. The average Bonchev–Trinajstić information content (AvgIpc) is 1.38. The Balaban J connectivity index is 5.22. The molecule has 19 heteroatoms. The largest absolute Gasteiger partial charge is 0.472 e. The van der Waals surface area contributed by atoms with Crippen LogP contribution in [-0.4, -0.2) is 96.7 Å². The highest BCUT2D eigenvalue weighted by Gasteiger charge is 2.30. The summed E-state index contributed by atoms with van der Waals surface area (Å²) in [6.45, 7) is 7.27. The highest BCUT2D eigenvalue weighted by atomic mass is 31.2.